The zero-order chi connectivity index (χ0) is 22.2. The second-order valence-electron chi connectivity index (χ2n) is 9.12. The highest BCUT2D eigenvalue weighted by molar-refractivity contribution is 5.87. The van der Waals surface area contributed by atoms with Crippen LogP contribution in [0.25, 0.3) is 11.5 Å². The number of nitrogens with zero attached hydrogens (tertiary/aromatic N) is 3. The molecule has 3 saturated carbocycles. The van der Waals surface area contributed by atoms with Gasteiger partial charge in [-0.25, -0.2) is 9.78 Å². The van der Waals surface area contributed by atoms with E-state index >= 15 is 0 Å². The molecule has 32 heavy (non-hydrogen) atoms. The third-order valence-electron chi connectivity index (χ3n) is 7.15. The molecule has 0 amide bonds. The van der Waals surface area contributed by atoms with Gasteiger partial charge in [-0.15, -0.1) is 0 Å². The van der Waals surface area contributed by atoms with E-state index in [1.807, 2.05) is 31.2 Å². The number of carbonyl (C=O) groups is 1. The molecule has 0 atom stereocenters. The maximum absolute atomic E-state index is 11.9. The minimum atomic E-state index is -0.475. The summed E-state index contributed by atoms with van der Waals surface area (Å²) in [4.78, 5) is 20.7. The summed E-state index contributed by atoms with van der Waals surface area (Å²) in [5, 5.41) is 7.65. The van der Waals surface area contributed by atoms with Gasteiger partial charge in [0.2, 0.25) is 11.8 Å². The number of rotatable bonds is 7. The first-order valence-electron chi connectivity index (χ1n) is 11.3. The predicted molar refractivity (Wildman–Crippen MR) is 117 cm³/mol. The number of fused-ring (bicyclic) bond motifs is 3. The summed E-state index contributed by atoms with van der Waals surface area (Å²) in [6.45, 7) is 4.87. The van der Waals surface area contributed by atoms with Crippen LogP contribution < -0.4 is 5.32 Å². The minimum absolute atomic E-state index is 0.0739. The van der Waals surface area contributed by atoms with Gasteiger partial charge in [0.15, 0.2) is 11.5 Å². The normalized spacial score (nSPS) is 24.4. The van der Waals surface area contributed by atoms with Gasteiger partial charge < -0.3 is 19.0 Å². The molecular weight excluding hydrogens is 408 g/mol. The topological polar surface area (TPSA) is 103 Å². The number of benzene rings is 1. The minimum Gasteiger partial charge on any atom is -0.461 e. The van der Waals surface area contributed by atoms with Gasteiger partial charge in [0.25, 0.3) is 0 Å². The number of hydrogen-bond acceptors (Lipinski definition) is 8. The SMILES string of the molecule is CCOC(=O)c1coc(-c2cccc(NCC34CCC(c5nc(C)no5)(CC3)CC4)c2)n1. The molecule has 0 saturated heterocycles. The van der Waals surface area contributed by atoms with Gasteiger partial charge in [-0.2, -0.15) is 4.98 Å². The Hall–Kier alpha value is -3.16. The number of carbonyl (C=O) groups excluding carboxylic acids is 1. The number of oxazole rings is 1. The number of anilines is 1. The van der Waals surface area contributed by atoms with E-state index in [0.29, 0.717) is 17.9 Å². The quantitative estimate of drug-likeness (QED) is 0.521. The van der Waals surface area contributed by atoms with Crippen LogP contribution in [0.15, 0.2) is 39.5 Å². The van der Waals surface area contributed by atoms with Crippen molar-refractivity contribution < 1.29 is 18.5 Å². The second-order valence-corrected chi connectivity index (χ2v) is 9.12. The molecule has 0 spiro atoms. The Bertz CT molecular complexity index is 1090. The zero-order valence-corrected chi connectivity index (χ0v) is 18.5. The Morgan fingerprint density at radius 2 is 1.94 bits per heavy atom. The van der Waals surface area contributed by atoms with E-state index in [1.165, 1.54) is 6.26 Å². The van der Waals surface area contributed by atoms with Crippen molar-refractivity contribution in [2.24, 2.45) is 5.41 Å². The van der Waals surface area contributed by atoms with E-state index in [4.69, 9.17) is 13.7 Å². The molecule has 6 rings (SSSR count). The molecule has 3 aliphatic carbocycles. The van der Waals surface area contributed by atoms with Gasteiger partial charge in [0.05, 0.1) is 6.61 Å². The fourth-order valence-corrected chi connectivity index (χ4v) is 5.12. The molecule has 0 radical (unpaired) electrons. The highest BCUT2D eigenvalue weighted by Gasteiger charge is 2.51. The maximum Gasteiger partial charge on any atom is 0.360 e. The maximum atomic E-state index is 11.9. The van der Waals surface area contributed by atoms with Gasteiger partial charge >= 0.3 is 5.97 Å². The van der Waals surface area contributed by atoms with Crippen LogP contribution in [0.3, 0.4) is 0 Å². The van der Waals surface area contributed by atoms with Gasteiger partial charge in [-0.3, -0.25) is 0 Å². The first-order chi connectivity index (χ1) is 15.5. The average molecular weight is 437 g/mol. The van der Waals surface area contributed by atoms with Crippen molar-refractivity contribution in [2.45, 2.75) is 57.8 Å². The van der Waals surface area contributed by atoms with E-state index in [1.54, 1.807) is 6.92 Å². The molecule has 3 aliphatic rings. The molecule has 8 heteroatoms. The van der Waals surface area contributed by atoms with E-state index in [-0.39, 0.29) is 11.1 Å². The summed E-state index contributed by atoms with van der Waals surface area (Å²) in [5.74, 6) is 1.48. The molecule has 3 aromatic rings. The Labute approximate surface area is 186 Å². The molecule has 2 bridgehead atoms. The molecule has 3 fully saturated rings. The van der Waals surface area contributed by atoms with E-state index in [0.717, 1.165) is 68.0 Å². The van der Waals surface area contributed by atoms with E-state index in [2.05, 4.69) is 20.4 Å². The summed E-state index contributed by atoms with van der Waals surface area (Å²) in [6.07, 6.45) is 8.11. The summed E-state index contributed by atoms with van der Waals surface area (Å²) in [6, 6.07) is 7.95. The van der Waals surface area contributed by atoms with E-state index < -0.39 is 5.97 Å². The number of ether oxygens (including phenoxy) is 1. The van der Waals surface area contributed by atoms with Crippen LogP contribution >= 0.6 is 0 Å². The van der Waals surface area contributed by atoms with Gasteiger partial charge in [-0.1, -0.05) is 11.2 Å². The van der Waals surface area contributed by atoms with Crippen LogP contribution in [-0.4, -0.2) is 34.2 Å². The first-order valence-corrected chi connectivity index (χ1v) is 11.3. The average Bonchev–Trinajstić information content (AvgIpc) is 3.50. The summed E-state index contributed by atoms with van der Waals surface area (Å²) in [5.41, 5.74) is 2.39. The third-order valence-corrected chi connectivity index (χ3v) is 7.15. The number of hydrogen-bond donors (Lipinski definition) is 1. The zero-order valence-electron chi connectivity index (χ0n) is 18.5. The standard InChI is InChI=1S/C24H28N4O4/c1-3-30-21(29)19-14-31-20(27-19)17-5-4-6-18(13-17)25-15-23-7-10-24(11-8-23,12-9-23)22-26-16(2)28-32-22/h4-6,13-14,25H,3,7-12,15H2,1-2H3. The molecule has 0 unspecified atom stereocenters. The van der Waals surface area contributed by atoms with Crippen molar-refractivity contribution in [1.82, 2.24) is 15.1 Å². The van der Waals surface area contributed by atoms with Crippen LogP contribution in [-0.2, 0) is 10.2 Å². The van der Waals surface area contributed by atoms with Gasteiger partial charge in [0, 0.05) is 23.2 Å². The number of aromatic nitrogens is 3. The predicted octanol–water partition coefficient (Wildman–Crippen LogP) is 4.91. The Kier molecular flexibility index (Phi) is 5.23. The van der Waals surface area contributed by atoms with Crippen molar-refractivity contribution in [2.75, 3.05) is 18.5 Å². The van der Waals surface area contributed by atoms with Crippen molar-refractivity contribution in [3.8, 4) is 11.5 Å². The Morgan fingerprint density at radius 1 is 1.16 bits per heavy atom. The fraction of sp³-hybridized carbons (Fsp3) is 0.500. The van der Waals surface area contributed by atoms with Crippen LogP contribution in [0.1, 0.15) is 67.7 Å². The molecule has 0 aliphatic heterocycles. The molecule has 1 N–H and O–H groups in total. The highest BCUT2D eigenvalue weighted by atomic mass is 16.5. The van der Waals surface area contributed by atoms with Crippen molar-refractivity contribution in [1.29, 1.82) is 0 Å². The first kappa shape index (κ1) is 20.7. The number of esters is 1. The smallest absolute Gasteiger partial charge is 0.360 e. The van der Waals surface area contributed by atoms with Crippen molar-refractivity contribution >= 4 is 11.7 Å². The van der Waals surface area contributed by atoms with Gasteiger partial charge in [0.1, 0.15) is 6.26 Å². The third kappa shape index (κ3) is 3.78. The summed E-state index contributed by atoms with van der Waals surface area (Å²) in [7, 11) is 0. The highest BCUT2D eigenvalue weighted by Crippen LogP contribution is 2.57. The van der Waals surface area contributed by atoms with Crippen LogP contribution in [0.2, 0.25) is 0 Å². The molecule has 2 aromatic heterocycles. The lowest BCUT2D eigenvalue weighted by molar-refractivity contribution is 0.0322. The summed E-state index contributed by atoms with van der Waals surface area (Å²) < 4.78 is 16.0. The van der Waals surface area contributed by atoms with Crippen molar-refractivity contribution in [3.05, 3.63) is 47.9 Å². The van der Waals surface area contributed by atoms with E-state index in [9.17, 15) is 4.79 Å². The molecule has 2 heterocycles. The molecular formula is C24H28N4O4. The monoisotopic (exact) mass is 436 g/mol. The second kappa shape index (κ2) is 8.07. The Balaban J connectivity index is 1.24. The lowest BCUT2D eigenvalue weighted by Crippen LogP contribution is -2.47. The number of aryl methyl sites for hydroxylation is 1. The Morgan fingerprint density at radius 3 is 2.62 bits per heavy atom. The van der Waals surface area contributed by atoms with Gasteiger partial charge in [-0.05, 0) is 76.0 Å². The molecule has 168 valence electrons. The fourth-order valence-electron chi connectivity index (χ4n) is 5.12. The lowest BCUT2D eigenvalue weighted by atomic mass is 9.53. The summed E-state index contributed by atoms with van der Waals surface area (Å²) >= 11 is 0. The molecule has 8 nitrogen and oxygen atoms in total. The largest absolute Gasteiger partial charge is 0.461 e. The molecule has 1 aromatic carbocycles. The lowest BCUT2D eigenvalue weighted by Gasteiger charge is -2.52. The van der Waals surface area contributed by atoms with Crippen LogP contribution in [0.4, 0.5) is 5.69 Å². The van der Waals surface area contributed by atoms with Crippen LogP contribution in [0, 0.1) is 12.3 Å². The van der Waals surface area contributed by atoms with Crippen molar-refractivity contribution in [3.63, 3.8) is 0 Å². The number of nitrogens with one attached hydrogen (secondary N) is 1. The van der Waals surface area contributed by atoms with Crippen LogP contribution in [0.5, 0.6) is 0 Å².